The summed E-state index contributed by atoms with van der Waals surface area (Å²) in [5, 5.41) is 21.7. The standard InChI is InChI=1S/C19H33NO4/c1-16(2,3)24-15(22)20-9-13-6-7-14(20)18(8-13,12-21)19(23)10-17(4,5)11-19/h13-14,21,23H,6-12H2,1-5H3. The normalized spacial score (nSPS) is 37.0. The molecule has 1 amide bonds. The molecule has 2 saturated heterocycles. The highest BCUT2D eigenvalue weighted by Gasteiger charge is 2.67. The van der Waals surface area contributed by atoms with Crippen LogP contribution in [0.4, 0.5) is 4.79 Å². The van der Waals surface area contributed by atoms with E-state index in [1.807, 2.05) is 20.8 Å². The number of fused-ring (bicyclic) bond motifs is 3. The summed E-state index contributed by atoms with van der Waals surface area (Å²) in [7, 11) is 0. The number of piperidine rings is 2. The summed E-state index contributed by atoms with van der Waals surface area (Å²) in [5.74, 6) is 0.336. The van der Waals surface area contributed by atoms with Crippen LogP contribution in [0.25, 0.3) is 0 Å². The van der Waals surface area contributed by atoms with Crippen molar-refractivity contribution in [1.82, 2.24) is 4.90 Å². The number of hydrogen-bond acceptors (Lipinski definition) is 4. The van der Waals surface area contributed by atoms with Crippen molar-refractivity contribution in [1.29, 1.82) is 0 Å². The number of amides is 1. The van der Waals surface area contributed by atoms with Crippen LogP contribution < -0.4 is 0 Å². The maximum atomic E-state index is 12.7. The van der Waals surface area contributed by atoms with Crippen molar-refractivity contribution in [3.8, 4) is 0 Å². The van der Waals surface area contributed by atoms with Crippen LogP contribution in [0.3, 0.4) is 0 Å². The lowest BCUT2D eigenvalue weighted by molar-refractivity contribution is -0.255. The molecule has 3 atom stereocenters. The minimum atomic E-state index is -0.880. The number of rotatable bonds is 2. The zero-order chi connectivity index (χ0) is 18.0. The van der Waals surface area contributed by atoms with Gasteiger partial charge in [0.25, 0.3) is 0 Å². The molecule has 5 heteroatoms. The molecule has 138 valence electrons. The highest BCUT2D eigenvalue weighted by Crippen LogP contribution is 2.63. The van der Waals surface area contributed by atoms with Crippen molar-refractivity contribution in [2.75, 3.05) is 13.2 Å². The fourth-order valence-corrected chi connectivity index (χ4v) is 5.66. The van der Waals surface area contributed by atoms with E-state index in [0.29, 0.717) is 25.3 Å². The molecule has 2 N–H and O–H groups in total. The summed E-state index contributed by atoms with van der Waals surface area (Å²) in [6.07, 6.45) is 3.77. The zero-order valence-corrected chi connectivity index (χ0v) is 15.8. The van der Waals surface area contributed by atoms with E-state index in [1.54, 1.807) is 4.90 Å². The monoisotopic (exact) mass is 339 g/mol. The Kier molecular flexibility index (Phi) is 4.00. The SMILES string of the molecule is CC1(C)CC(O)(C2(CO)CC3CCC2N(C(=O)OC(C)(C)C)C3)C1. The summed E-state index contributed by atoms with van der Waals surface area (Å²) >= 11 is 0. The lowest BCUT2D eigenvalue weighted by Crippen LogP contribution is -2.73. The first-order valence-corrected chi connectivity index (χ1v) is 9.24. The quantitative estimate of drug-likeness (QED) is 0.811. The molecule has 2 aliphatic carbocycles. The van der Waals surface area contributed by atoms with Crippen LogP contribution in [0.1, 0.15) is 66.7 Å². The molecule has 2 heterocycles. The number of aliphatic hydroxyl groups excluding tert-OH is 1. The predicted octanol–water partition coefficient (Wildman–Crippen LogP) is 2.94. The molecule has 0 radical (unpaired) electrons. The molecular weight excluding hydrogens is 306 g/mol. The van der Waals surface area contributed by atoms with Crippen LogP contribution >= 0.6 is 0 Å². The van der Waals surface area contributed by atoms with Gasteiger partial charge in [-0.1, -0.05) is 13.8 Å². The Hall–Kier alpha value is -0.810. The third-order valence-corrected chi connectivity index (χ3v) is 6.35. The zero-order valence-electron chi connectivity index (χ0n) is 15.8. The number of nitrogens with zero attached hydrogens (tertiary/aromatic N) is 1. The van der Waals surface area contributed by atoms with Crippen LogP contribution in [-0.4, -0.2) is 51.6 Å². The Balaban J connectivity index is 1.88. The highest BCUT2D eigenvalue weighted by atomic mass is 16.6. The van der Waals surface area contributed by atoms with Crippen molar-refractivity contribution in [2.45, 2.75) is 84.0 Å². The minimum absolute atomic E-state index is 0.0694. The maximum Gasteiger partial charge on any atom is 0.410 e. The Bertz CT molecular complexity index is 516. The third kappa shape index (κ3) is 2.74. The second-order valence-electron chi connectivity index (χ2n) is 10.2. The first-order chi connectivity index (χ1) is 10.9. The summed E-state index contributed by atoms with van der Waals surface area (Å²) in [5.41, 5.74) is -1.93. The van der Waals surface area contributed by atoms with Crippen LogP contribution in [-0.2, 0) is 4.74 Å². The van der Waals surface area contributed by atoms with E-state index < -0.39 is 16.6 Å². The molecule has 5 nitrogen and oxygen atoms in total. The van der Waals surface area contributed by atoms with Gasteiger partial charge in [-0.25, -0.2) is 4.79 Å². The van der Waals surface area contributed by atoms with Gasteiger partial charge in [0.1, 0.15) is 5.60 Å². The van der Waals surface area contributed by atoms with Gasteiger partial charge >= 0.3 is 6.09 Å². The predicted molar refractivity (Wildman–Crippen MR) is 91.6 cm³/mol. The van der Waals surface area contributed by atoms with Gasteiger partial charge in [-0.05, 0) is 64.2 Å². The average Bonchev–Trinajstić information content (AvgIpc) is 2.43. The molecule has 4 rings (SSSR count). The Morgan fingerprint density at radius 1 is 1.25 bits per heavy atom. The van der Waals surface area contributed by atoms with Gasteiger partial charge in [-0.3, -0.25) is 0 Å². The average molecular weight is 339 g/mol. The third-order valence-electron chi connectivity index (χ3n) is 6.35. The van der Waals surface area contributed by atoms with Gasteiger partial charge < -0.3 is 19.8 Å². The van der Waals surface area contributed by atoms with Crippen molar-refractivity contribution in [3.63, 3.8) is 0 Å². The topological polar surface area (TPSA) is 70.0 Å². The van der Waals surface area contributed by atoms with Crippen molar-refractivity contribution >= 4 is 6.09 Å². The first kappa shape index (κ1) is 18.0. The summed E-state index contributed by atoms with van der Waals surface area (Å²) < 4.78 is 5.60. The second kappa shape index (κ2) is 5.34. The molecule has 3 unspecified atom stereocenters. The molecule has 0 aromatic rings. The fraction of sp³-hybridized carbons (Fsp3) is 0.947. The van der Waals surface area contributed by atoms with Gasteiger partial charge in [0.05, 0.1) is 12.2 Å². The maximum absolute atomic E-state index is 12.7. The number of carbonyl (C=O) groups excluding carboxylic acids is 1. The highest BCUT2D eigenvalue weighted by molar-refractivity contribution is 5.69. The molecule has 4 fully saturated rings. The fourth-order valence-electron chi connectivity index (χ4n) is 5.66. The smallest absolute Gasteiger partial charge is 0.410 e. The summed E-state index contributed by atoms with van der Waals surface area (Å²) in [6, 6.07) is -0.136. The number of aliphatic hydroxyl groups is 2. The Morgan fingerprint density at radius 3 is 2.33 bits per heavy atom. The van der Waals surface area contributed by atoms with Gasteiger partial charge in [0.15, 0.2) is 0 Å². The number of carbonyl (C=O) groups is 1. The Labute approximate surface area is 145 Å². The largest absolute Gasteiger partial charge is 0.444 e. The molecule has 0 aromatic heterocycles. The van der Waals surface area contributed by atoms with Crippen molar-refractivity contribution in [2.24, 2.45) is 16.7 Å². The van der Waals surface area contributed by atoms with Crippen molar-refractivity contribution < 1.29 is 19.7 Å². The van der Waals surface area contributed by atoms with Crippen LogP contribution in [0.5, 0.6) is 0 Å². The van der Waals surface area contributed by atoms with Crippen LogP contribution in [0, 0.1) is 16.7 Å². The summed E-state index contributed by atoms with van der Waals surface area (Å²) in [6.45, 7) is 10.5. The van der Waals surface area contributed by atoms with Crippen LogP contribution in [0.15, 0.2) is 0 Å². The number of hydrogen-bond donors (Lipinski definition) is 2. The lowest BCUT2D eigenvalue weighted by atomic mass is 9.45. The van der Waals surface area contributed by atoms with Gasteiger partial charge in [0, 0.05) is 18.0 Å². The second-order valence-corrected chi connectivity index (χ2v) is 10.2. The van der Waals surface area contributed by atoms with Crippen molar-refractivity contribution in [3.05, 3.63) is 0 Å². The first-order valence-electron chi connectivity index (χ1n) is 9.24. The molecule has 2 saturated carbocycles. The van der Waals surface area contributed by atoms with Gasteiger partial charge in [-0.2, -0.15) is 0 Å². The molecule has 2 bridgehead atoms. The lowest BCUT2D eigenvalue weighted by Gasteiger charge is -2.67. The van der Waals surface area contributed by atoms with E-state index in [1.165, 1.54) is 0 Å². The van der Waals surface area contributed by atoms with E-state index >= 15 is 0 Å². The number of ether oxygens (including phenoxy) is 1. The molecule has 0 aromatic carbocycles. The molecule has 24 heavy (non-hydrogen) atoms. The van der Waals surface area contributed by atoms with E-state index in [0.717, 1.165) is 19.3 Å². The summed E-state index contributed by atoms with van der Waals surface area (Å²) in [4.78, 5) is 14.5. The van der Waals surface area contributed by atoms with E-state index in [2.05, 4.69) is 13.8 Å². The molecular formula is C19H33NO4. The molecule has 2 aliphatic heterocycles. The van der Waals surface area contributed by atoms with Gasteiger partial charge in [-0.15, -0.1) is 0 Å². The van der Waals surface area contributed by atoms with Crippen LogP contribution in [0.2, 0.25) is 0 Å². The minimum Gasteiger partial charge on any atom is -0.444 e. The van der Waals surface area contributed by atoms with Gasteiger partial charge in [0.2, 0.25) is 0 Å². The Morgan fingerprint density at radius 2 is 1.88 bits per heavy atom. The van der Waals surface area contributed by atoms with E-state index in [4.69, 9.17) is 4.74 Å². The molecule has 0 spiro atoms. The van der Waals surface area contributed by atoms with E-state index in [-0.39, 0.29) is 24.2 Å². The van der Waals surface area contributed by atoms with E-state index in [9.17, 15) is 15.0 Å². The molecule has 4 aliphatic rings.